The molecule has 0 saturated carbocycles. The molecule has 0 aromatic carbocycles. The van der Waals surface area contributed by atoms with Crippen molar-refractivity contribution in [2.45, 2.75) is 33.1 Å². The molecule has 0 atom stereocenters. The Labute approximate surface area is 101 Å². The molecule has 0 aromatic heterocycles. The maximum Gasteiger partial charge on any atom is 0.0587 e. The topological polar surface area (TPSA) is 24.5 Å². The summed E-state index contributed by atoms with van der Waals surface area (Å²) in [5.74, 6) is 0. The standard InChI is InChI=1S/C13H28N2O/c1-13(2)5-10-15(11-6-13)9-4-7-14-8-12-16-3/h14H,4-12H2,1-3H3. The monoisotopic (exact) mass is 228 g/mol. The Bertz CT molecular complexity index is 173. The number of hydrogen-bond acceptors (Lipinski definition) is 3. The Morgan fingerprint density at radius 1 is 1.19 bits per heavy atom. The van der Waals surface area contributed by atoms with Crippen molar-refractivity contribution < 1.29 is 4.74 Å². The number of methoxy groups -OCH3 is 1. The Hall–Kier alpha value is -0.120. The number of ether oxygens (including phenoxy) is 1. The summed E-state index contributed by atoms with van der Waals surface area (Å²) < 4.78 is 4.99. The largest absolute Gasteiger partial charge is 0.383 e. The zero-order chi connectivity index (χ0) is 11.9. The first-order valence-electron chi connectivity index (χ1n) is 6.56. The third kappa shape index (κ3) is 5.83. The molecule has 1 heterocycles. The summed E-state index contributed by atoms with van der Waals surface area (Å²) >= 11 is 0. The minimum Gasteiger partial charge on any atom is -0.383 e. The summed E-state index contributed by atoms with van der Waals surface area (Å²) in [7, 11) is 1.75. The molecule has 1 fully saturated rings. The third-order valence-corrected chi connectivity index (χ3v) is 3.52. The normalized spacial score (nSPS) is 21.2. The van der Waals surface area contributed by atoms with Crippen molar-refractivity contribution in [2.24, 2.45) is 5.41 Å². The van der Waals surface area contributed by atoms with Gasteiger partial charge in [0, 0.05) is 13.7 Å². The highest BCUT2D eigenvalue weighted by atomic mass is 16.5. The van der Waals surface area contributed by atoms with Crippen molar-refractivity contribution in [3.05, 3.63) is 0 Å². The molecule has 0 unspecified atom stereocenters. The molecule has 1 rings (SSSR count). The molecule has 0 aromatic rings. The van der Waals surface area contributed by atoms with Gasteiger partial charge in [-0.3, -0.25) is 0 Å². The number of hydrogen-bond donors (Lipinski definition) is 1. The second-order valence-electron chi connectivity index (χ2n) is 5.60. The van der Waals surface area contributed by atoms with Gasteiger partial charge in [0.15, 0.2) is 0 Å². The van der Waals surface area contributed by atoms with Crippen LogP contribution in [0.15, 0.2) is 0 Å². The van der Waals surface area contributed by atoms with Gasteiger partial charge in [-0.25, -0.2) is 0 Å². The van der Waals surface area contributed by atoms with Crippen LogP contribution in [0.1, 0.15) is 33.1 Å². The van der Waals surface area contributed by atoms with E-state index in [0.29, 0.717) is 5.41 Å². The van der Waals surface area contributed by atoms with E-state index in [1.165, 1.54) is 38.9 Å². The van der Waals surface area contributed by atoms with E-state index in [0.717, 1.165) is 19.7 Å². The van der Waals surface area contributed by atoms with Crippen LogP contribution < -0.4 is 5.32 Å². The highest BCUT2D eigenvalue weighted by Gasteiger charge is 2.24. The van der Waals surface area contributed by atoms with Gasteiger partial charge in [-0.05, 0) is 50.9 Å². The molecule has 3 heteroatoms. The van der Waals surface area contributed by atoms with E-state index < -0.39 is 0 Å². The fourth-order valence-electron chi connectivity index (χ4n) is 2.11. The summed E-state index contributed by atoms with van der Waals surface area (Å²) in [5.41, 5.74) is 0.577. The number of rotatable bonds is 7. The Morgan fingerprint density at radius 3 is 2.50 bits per heavy atom. The van der Waals surface area contributed by atoms with Crippen molar-refractivity contribution in [2.75, 3.05) is 46.4 Å². The highest BCUT2D eigenvalue weighted by molar-refractivity contribution is 4.78. The average molecular weight is 228 g/mol. The van der Waals surface area contributed by atoms with Gasteiger partial charge in [-0.2, -0.15) is 0 Å². The zero-order valence-corrected chi connectivity index (χ0v) is 11.2. The lowest BCUT2D eigenvalue weighted by molar-refractivity contribution is 0.131. The van der Waals surface area contributed by atoms with Crippen LogP contribution in [0.4, 0.5) is 0 Å². The lowest BCUT2D eigenvalue weighted by atomic mass is 9.83. The summed E-state index contributed by atoms with van der Waals surface area (Å²) in [4.78, 5) is 2.60. The van der Waals surface area contributed by atoms with E-state index in [4.69, 9.17) is 4.74 Å². The summed E-state index contributed by atoms with van der Waals surface area (Å²) in [6, 6.07) is 0. The molecule has 0 spiro atoms. The summed E-state index contributed by atoms with van der Waals surface area (Å²) in [6.45, 7) is 11.5. The SMILES string of the molecule is COCCNCCCN1CCC(C)(C)CC1. The number of likely N-dealkylation sites (tertiary alicyclic amines) is 1. The second-order valence-corrected chi connectivity index (χ2v) is 5.60. The van der Waals surface area contributed by atoms with Gasteiger partial charge in [0.05, 0.1) is 6.61 Å². The van der Waals surface area contributed by atoms with E-state index in [1.54, 1.807) is 7.11 Å². The van der Waals surface area contributed by atoms with Gasteiger partial charge in [-0.15, -0.1) is 0 Å². The fourth-order valence-corrected chi connectivity index (χ4v) is 2.11. The molecule has 3 nitrogen and oxygen atoms in total. The Balaban J connectivity index is 1.94. The van der Waals surface area contributed by atoms with E-state index in [9.17, 15) is 0 Å². The van der Waals surface area contributed by atoms with Crippen LogP contribution in [-0.4, -0.2) is 51.3 Å². The first-order chi connectivity index (χ1) is 7.64. The molecule has 96 valence electrons. The van der Waals surface area contributed by atoms with Gasteiger partial charge >= 0.3 is 0 Å². The van der Waals surface area contributed by atoms with Crippen molar-refractivity contribution in [1.29, 1.82) is 0 Å². The van der Waals surface area contributed by atoms with Crippen molar-refractivity contribution >= 4 is 0 Å². The lowest BCUT2D eigenvalue weighted by Gasteiger charge is -2.36. The predicted molar refractivity (Wildman–Crippen MR) is 68.8 cm³/mol. The predicted octanol–water partition coefficient (Wildman–Crippen LogP) is 1.73. The Morgan fingerprint density at radius 2 is 1.88 bits per heavy atom. The van der Waals surface area contributed by atoms with Crippen LogP contribution >= 0.6 is 0 Å². The third-order valence-electron chi connectivity index (χ3n) is 3.52. The molecular formula is C13H28N2O. The molecule has 0 amide bonds. The van der Waals surface area contributed by atoms with Crippen LogP contribution in [0, 0.1) is 5.41 Å². The summed E-state index contributed by atoms with van der Waals surface area (Å²) in [5, 5.41) is 3.39. The number of piperidine rings is 1. The molecule has 0 aliphatic carbocycles. The maximum atomic E-state index is 4.99. The van der Waals surface area contributed by atoms with Crippen molar-refractivity contribution in [3.8, 4) is 0 Å². The highest BCUT2D eigenvalue weighted by Crippen LogP contribution is 2.29. The van der Waals surface area contributed by atoms with E-state index in [1.807, 2.05) is 0 Å². The summed E-state index contributed by atoms with van der Waals surface area (Å²) in [6.07, 6.45) is 3.96. The second kappa shape index (κ2) is 7.25. The van der Waals surface area contributed by atoms with Gasteiger partial charge in [-0.1, -0.05) is 13.8 Å². The van der Waals surface area contributed by atoms with Gasteiger partial charge in [0.2, 0.25) is 0 Å². The van der Waals surface area contributed by atoms with Gasteiger partial charge in [0.1, 0.15) is 0 Å². The quantitative estimate of drug-likeness (QED) is 0.672. The van der Waals surface area contributed by atoms with Crippen LogP contribution in [0.3, 0.4) is 0 Å². The molecular weight excluding hydrogens is 200 g/mol. The molecule has 1 saturated heterocycles. The van der Waals surface area contributed by atoms with E-state index in [2.05, 4.69) is 24.1 Å². The van der Waals surface area contributed by atoms with Gasteiger partial charge < -0.3 is 15.0 Å². The molecule has 0 radical (unpaired) electrons. The molecule has 1 aliphatic heterocycles. The van der Waals surface area contributed by atoms with Crippen LogP contribution in [0.5, 0.6) is 0 Å². The van der Waals surface area contributed by atoms with Crippen molar-refractivity contribution in [1.82, 2.24) is 10.2 Å². The maximum absolute atomic E-state index is 4.99. The molecule has 1 aliphatic rings. The molecule has 0 bridgehead atoms. The smallest absolute Gasteiger partial charge is 0.0587 e. The van der Waals surface area contributed by atoms with E-state index in [-0.39, 0.29) is 0 Å². The van der Waals surface area contributed by atoms with Crippen LogP contribution in [0.25, 0.3) is 0 Å². The first kappa shape index (κ1) is 13.9. The number of nitrogens with zero attached hydrogens (tertiary/aromatic N) is 1. The van der Waals surface area contributed by atoms with Gasteiger partial charge in [0.25, 0.3) is 0 Å². The lowest BCUT2D eigenvalue weighted by Crippen LogP contribution is -2.38. The van der Waals surface area contributed by atoms with Crippen molar-refractivity contribution in [3.63, 3.8) is 0 Å². The Kier molecular flexibility index (Phi) is 6.32. The average Bonchev–Trinajstić information content (AvgIpc) is 2.25. The van der Waals surface area contributed by atoms with Crippen LogP contribution in [-0.2, 0) is 4.74 Å². The minimum atomic E-state index is 0.577. The van der Waals surface area contributed by atoms with Crippen LogP contribution in [0.2, 0.25) is 0 Å². The fraction of sp³-hybridized carbons (Fsp3) is 1.00. The number of nitrogens with one attached hydrogen (secondary N) is 1. The molecule has 16 heavy (non-hydrogen) atoms. The minimum absolute atomic E-state index is 0.577. The zero-order valence-electron chi connectivity index (χ0n) is 11.2. The molecule has 1 N–H and O–H groups in total. The van der Waals surface area contributed by atoms with E-state index >= 15 is 0 Å². The first-order valence-corrected chi connectivity index (χ1v) is 6.56.